The summed E-state index contributed by atoms with van der Waals surface area (Å²) in [5.41, 5.74) is 5.73. The molecule has 0 spiro atoms. The molecule has 0 aliphatic carbocycles. The molecule has 0 bridgehead atoms. The number of hydrazine groups is 1. The minimum atomic E-state index is -0.0724. The van der Waals surface area contributed by atoms with Gasteiger partial charge in [-0.2, -0.15) is 0 Å². The van der Waals surface area contributed by atoms with Gasteiger partial charge in [-0.15, -0.1) is 0 Å². The van der Waals surface area contributed by atoms with E-state index in [1.54, 1.807) is 12.5 Å². The minimum Gasteiger partial charge on any atom is -0.472 e. The van der Waals surface area contributed by atoms with E-state index in [1.165, 1.54) is 0 Å². The van der Waals surface area contributed by atoms with E-state index in [4.69, 9.17) is 10.3 Å². The van der Waals surface area contributed by atoms with Gasteiger partial charge in [-0.25, -0.2) is 5.43 Å². The van der Waals surface area contributed by atoms with Crippen molar-refractivity contribution in [2.75, 3.05) is 0 Å². The Morgan fingerprint density at radius 3 is 2.73 bits per heavy atom. The standard InChI is InChI=1S/C11H13N3O/c1-8-2-3-9(6-13-8)11(14-12)10-4-5-15-7-10/h2-7,11,14H,12H2,1H3. The highest BCUT2D eigenvalue weighted by Crippen LogP contribution is 2.20. The highest BCUT2D eigenvalue weighted by Gasteiger charge is 2.13. The zero-order valence-electron chi connectivity index (χ0n) is 8.47. The lowest BCUT2D eigenvalue weighted by atomic mass is 10.0. The van der Waals surface area contributed by atoms with E-state index < -0.39 is 0 Å². The highest BCUT2D eigenvalue weighted by atomic mass is 16.3. The first-order valence-electron chi connectivity index (χ1n) is 4.72. The van der Waals surface area contributed by atoms with Gasteiger partial charge in [0.1, 0.15) is 0 Å². The Kier molecular flexibility index (Phi) is 2.80. The van der Waals surface area contributed by atoms with Crippen LogP contribution in [-0.2, 0) is 0 Å². The second-order valence-corrected chi connectivity index (χ2v) is 3.39. The molecule has 0 saturated carbocycles. The van der Waals surface area contributed by atoms with Gasteiger partial charge in [-0.3, -0.25) is 10.8 Å². The summed E-state index contributed by atoms with van der Waals surface area (Å²) >= 11 is 0. The van der Waals surface area contributed by atoms with Crippen LogP contribution in [0.1, 0.15) is 22.9 Å². The Balaban J connectivity index is 2.31. The fourth-order valence-electron chi connectivity index (χ4n) is 1.47. The van der Waals surface area contributed by atoms with Crippen LogP contribution in [0.2, 0.25) is 0 Å². The zero-order valence-corrected chi connectivity index (χ0v) is 8.47. The van der Waals surface area contributed by atoms with Crippen molar-refractivity contribution in [2.45, 2.75) is 13.0 Å². The Morgan fingerprint density at radius 1 is 1.33 bits per heavy atom. The van der Waals surface area contributed by atoms with E-state index in [1.807, 2.05) is 31.3 Å². The summed E-state index contributed by atoms with van der Waals surface area (Å²) in [4.78, 5) is 4.23. The molecular weight excluding hydrogens is 190 g/mol. The van der Waals surface area contributed by atoms with Crippen molar-refractivity contribution in [1.82, 2.24) is 10.4 Å². The molecule has 4 heteroatoms. The van der Waals surface area contributed by atoms with Crippen LogP contribution in [0.25, 0.3) is 0 Å². The minimum absolute atomic E-state index is 0.0724. The van der Waals surface area contributed by atoms with Crippen LogP contribution in [-0.4, -0.2) is 4.98 Å². The van der Waals surface area contributed by atoms with Gasteiger partial charge in [-0.05, 0) is 24.6 Å². The molecule has 15 heavy (non-hydrogen) atoms. The quantitative estimate of drug-likeness (QED) is 0.586. The van der Waals surface area contributed by atoms with Crippen LogP contribution < -0.4 is 11.3 Å². The first-order valence-corrected chi connectivity index (χ1v) is 4.72. The van der Waals surface area contributed by atoms with Crippen molar-refractivity contribution in [3.05, 3.63) is 53.7 Å². The molecule has 0 saturated heterocycles. The van der Waals surface area contributed by atoms with Crippen molar-refractivity contribution in [3.8, 4) is 0 Å². The van der Waals surface area contributed by atoms with E-state index in [0.29, 0.717) is 0 Å². The second kappa shape index (κ2) is 4.25. The number of pyridine rings is 1. The average molecular weight is 203 g/mol. The Morgan fingerprint density at radius 2 is 2.20 bits per heavy atom. The summed E-state index contributed by atoms with van der Waals surface area (Å²) in [5, 5.41) is 0. The van der Waals surface area contributed by atoms with Crippen LogP contribution in [0.5, 0.6) is 0 Å². The predicted octanol–water partition coefficient (Wildman–Crippen LogP) is 1.54. The number of hydrogen-bond acceptors (Lipinski definition) is 4. The molecular formula is C11H13N3O. The molecule has 2 aromatic heterocycles. The van der Waals surface area contributed by atoms with E-state index in [-0.39, 0.29) is 6.04 Å². The number of hydrogen-bond donors (Lipinski definition) is 2. The maximum Gasteiger partial charge on any atom is 0.0954 e. The van der Waals surface area contributed by atoms with Gasteiger partial charge in [0.25, 0.3) is 0 Å². The maximum atomic E-state index is 5.51. The number of rotatable bonds is 3. The number of nitrogens with zero attached hydrogens (tertiary/aromatic N) is 1. The lowest BCUT2D eigenvalue weighted by Crippen LogP contribution is -2.28. The van der Waals surface area contributed by atoms with Crippen molar-refractivity contribution >= 4 is 0 Å². The topological polar surface area (TPSA) is 64.1 Å². The third kappa shape index (κ3) is 2.06. The smallest absolute Gasteiger partial charge is 0.0954 e. The molecule has 1 unspecified atom stereocenters. The van der Waals surface area contributed by atoms with Gasteiger partial charge in [0.2, 0.25) is 0 Å². The van der Waals surface area contributed by atoms with Crippen molar-refractivity contribution in [3.63, 3.8) is 0 Å². The highest BCUT2D eigenvalue weighted by molar-refractivity contribution is 5.27. The van der Waals surface area contributed by atoms with E-state index in [0.717, 1.165) is 16.8 Å². The molecule has 0 aliphatic heterocycles. The van der Waals surface area contributed by atoms with Gasteiger partial charge in [-0.1, -0.05) is 6.07 Å². The van der Waals surface area contributed by atoms with Gasteiger partial charge in [0.15, 0.2) is 0 Å². The molecule has 78 valence electrons. The lowest BCUT2D eigenvalue weighted by Gasteiger charge is -2.13. The fraction of sp³-hybridized carbons (Fsp3) is 0.182. The zero-order chi connectivity index (χ0) is 10.7. The van der Waals surface area contributed by atoms with Crippen molar-refractivity contribution < 1.29 is 4.42 Å². The van der Waals surface area contributed by atoms with E-state index in [2.05, 4.69) is 10.4 Å². The number of aromatic nitrogens is 1. The molecule has 2 heterocycles. The second-order valence-electron chi connectivity index (χ2n) is 3.39. The molecule has 0 aromatic carbocycles. The Bertz CT molecular complexity index is 408. The van der Waals surface area contributed by atoms with Gasteiger partial charge in [0.05, 0.1) is 18.6 Å². The summed E-state index contributed by atoms with van der Waals surface area (Å²) < 4.78 is 5.03. The molecule has 0 radical (unpaired) electrons. The monoisotopic (exact) mass is 203 g/mol. The van der Waals surface area contributed by atoms with Crippen LogP contribution in [0.15, 0.2) is 41.3 Å². The van der Waals surface area contributed by atoms with Crippen LogP contribution >= 0.6 is 0 Å². The molecule has 0 aliphatic rings. The number of furan rings is 1. The van der Waals surface area contributed by atoms with Gasteiger partial charge in [0, 0.05) is 17.5 Å². The average Bonchev–Trinajstić information content (AvgIpc) is 2.75. The first kappa shape index (κ1) is 9.89. The van der Waals surface area contributed by atoms with Crippen molar-refractivity contribution in [1.29, 1.82) is 0 Å². The predicted molar refractivity (Wildman–Crippen MR) is 56.8 cm³/mol. The fourth-order valence-corrected chi connectivity index (χ4v) is 1.47. The summed E-state index contributed by atoms with van der Waals surface area (Å²) in [5.74, 6) is 5.51. The molecule has 0 amide bonds. The number of nitrogens with two attached hydrogens (primary N) is 1. The summed E-state index contributed by atoms with van der Waals surface area (Å²) in [6.45, 7) is 1.95. The van der Waals surface area contributed by atoms with E-state index >= 15 is 0 Å². The summed E-state index contributed by atoms with van der Waals surface area (Å²) in [7, 11) is 0. The number of aryl methyl sites for hydroxylation is 1. The number of nitrogens with one attached hydrogen (secondary N) is 1. The third-order valence-corrected chi connectivity index (χ3v) is 2.31. The molecule has 4 nitrogen and oxygen atoms in total. The SMILES string of the molecule is Cc1ccc(C(NN)c2ccoc2)cn1. The van der Waals surface area contributed by atoms with Gasteiger partial charge >= 0.3 is 0 Å². The summed E-state index contributed by atoms with van der Waals surface area (Å²) in [6, 6.07) is 5.76. The van der Waals surface area contributed by atoms with Crippen LogP contribution in [0.4, 0.5) is 0 Å². The van der Waals surface area contributed by atoms with E-state index in [9.17, 15) is 0 Å². The van der Waals surface area contributed by atoms with Gasteiger partial charge < -0.3 is 4.42 Å². The Labute approximate surface area is 88.1 Å². The molecule has 2 aromatic rings. The summed E-state index contributed by atoms with van der Waals surface area (Å²) in [6.07, 6.45) is 5.11. The maximum absolute atomic E-state index is 5.51. The molecule has 1 atom stereocenters. The molecule has 3 N–H and O–H groups in total. The van der Waals surface area contributed by atoms with Crippen LogP contribution in [0, 0.1) is 6.92 Å². The molecule has 2 rings (SSSR count). The van der Waals surface area contributed by atoms with Crippen LogP contribution in [0.3, 0.4) is 0 Å². The normalized spacial score (nSPS) is 12.7. The first-order chi connectivity index (χ1) is 7.31. The lowest BCUT2D eigenvalue weighted by molar-refractivity contribution is 0.553. The third-order valence-electron chi connectivity index (χ3n) is 2.31. The van der Waals surface area contributed by atoms with Crippen molar-refractivity contribution in [2.24, 2.45) is 5.84 Å². The largest absolute Gasteiger partial charge is 0.472 e. The Hall–Kier alpha value is -1.65. The molecule has 0 fully saturated rings.